The van der Waals surface area contributed by atoms with E-state index in [1.165, 1.54) is 12.1 Å². The third-order valence-corrected chi connectivity index (χ3v) is 2.93. The van der Waals surface area contributed by atoms with Crippen LogP contribution in [0.15, 0.2) is 24.3 Å². The maximum atomic E-state index is 13.0. The van der Waals surface area contributed by atoms with Crippen LogP contribution < -0.4 is 21.1 Å². The van der Waals surface area contributed by atoms with Crippen molar-refractivity contribution in [2.24, 2.45) is 5.73 Å². The van der Waals surface area contributed by atoms with Crippen molar-refractivity contribution in [3.8, 4) is 5.75 Å². The molecule has 0 saturated carbocycles. The van der Waals surface area contributed by atoms with Gasteiger partial charge in [-0.3, -0.25) is 14.9 Å². The summed E-state index contributed by atoms with van der Waals surface area (Å²) in [4.78, 5) is 22.4. The minimum atomic E-state index is -2.85. The zero-order valence-electron chi connectivity index (χ0n) is 11.1. The Balaban J connectivity index is 1.88. The number of halogens is 2. The number of benzene rings is 1. The van der Waals surface area contributed by atoms with E-state index in [2.05, 4.69) is 10.6 Å². The number of carbonyl (C=O) groups excluding carboxylic acids is 2. The second-order valence-electron chi connectivity index (χ2n) is 4.76. The molecule has 1 heterocycles. The van der Waals surface area contributed by atoms with Gasteiger partial charge >= 0.3 is 0 Å². The maximum absolute atomic E-state index is 13.0. The molecule has 1 unspecified atom stereocenters. The van der Waals surface area contributed by atoms with E-state index < -0.39 is 36.7 Å². The monoisotopic (exact) mass is 299 g/mol. The predicted octanol–water partition coefficient (Wildman–Crippen LogP) is 0.486. The van der Waals surface area contributed by atoms with Gasteiger partial charge in [-0.05, 0) is 24.3 Å². The zero-order chi connectivity index (χ0) is 15.5. The highest BCUT2D eigenvalue weighted by atomic mass is 19.3. The highest BCUT2D eigenvalue weighted by Crippen LogP contribution is 2.26. The van der Waals surface area contributed by atoms with Crippen LogP contribution in [0.1, 0.15) is 6.42 Å². The third kappa shape index (κ3) is 4.38. The number of ether oxygens (including phenoxy) is 1. The van der Waals surface area contributed by atoms with E-state index in [0.717, 1.165) is 0 Å². The van der Waals surface area contributed by atoms with Gasteiger partial charge in [0.05, 0.1) is 12.6 Å². The van der Waals surface area contributed by atoms with Gasteiger partial charge in [-0.15, -0.1) is 0 Å². The molecular formula is C13H15F2N3O3. The van der Waals surface area contributed by atoms with Crippen molar-refractivity contribution in [3.05, 3.63) is 24.3 Å². The molecule has 0 spiro atoms. The van der Waals surface area contributed by atoms with Gasteiger partial charge in [-0.2, -0.15) is 0 Å². The summed E-state index contributed by atoms with van der Waals surface area (Å²) in [6, 6.07) is 5.25. The molecule has 0 bridgehead atoms. The highest BCUT2D eigenvalue weighted by molar-refractivity contribution is 5.95. The predicted molar refractivity (Wildman–Crippen MR) is 71.1 cm³/mol. The summed E-state index contributed by atoms with van der Waals surface area (Å²) in [5, 5.41) is 5.00. The molecule has 2 rings (SSSR count). The normalized spacial score (nSPS) is 20.0. The first kappa shape index (κ1) is 15.2. The molecule has 4 N–H and O–H groups in total. The molecule has 1 aromatic carbocycles. The van der Waals surface area contributed by atoms with E-state index in [1.807, 2.05) is 0 Å². The van der Waals surface area contributed by atoms with E-state index in [9.17, 15) is 18.4 Å². The minimum Gasteiger partial charge on any atom is -0.484 e. The number of amides is 2. The lowest BCUT2D eigenvalue weighted by molar-refractivity contribution is -0.120. The van der Waals surface area contributed by atoms with Gasteiger partial charge in [-0.25, -0.2) is 8.78 Å². The lowest BCUT2D eigenvalue weighted by Gasteiger charge is -2.11. The number of nitrogens with one attached hydrogen (secondary N) is 2. The smallest absolute Gasteiger partial charge is 0.262 e. The molecule has 1 fully saturated rings. The van der Waals surface area contributed by atoms with Gasteiger partial charge in [0.25, 0.3) is 11.8 Å². The third-order valence-electron chi connectivity index (χ3n) is 2.93. The summed E-state index contributed by atoms with van der Waals surface area (Å²) in [6.07, 6.45) is -0.515. The van der Waals surface area contributed by atoms with E-state index in [-0.39, 0.29) is 6.61 Å². The molecule has 1 saturated heterocycles. The molecule has 2 amide bonds. The van der Waals surface area contributed by atoms with Crippen molar-refractivity contribution >= 4 is 17.5 Å². The zero-order valence-corrected chi connectivity index (χ0v) is 11.1. The Labute approximate surface area is 119 Å². The molecule has 0 radical (unpaired) electrons. The molecule has 0 aliphatic carbocycles. The molecule has 114 valence electrons. The Morgan fingerprint density at radius 1 is 1.38 bits per heavy atom. The van der Waals surface area contributed by atoms with Crippen LogP contribution in [-0.4, -0.2) is 36.9 Å². The van der Waals surface area contributed by atoms with Crippen LogP contribution in [0, 0.1) is 0 Å². The van der Waals surface area contributed by atoms with E-state index in [0.29, 0.717) is 11.4 Å². The molecule has 1 aliphatic rings. The van der Waals surface area contributed by atoms with Crippen molar-refractivity contribution < 1.29 is 23.1 Å². The van der Waals surface area contributed by atoms with Crippen LogP contribution in [0.4, 0.5) is 14.5 Å². The number of rotatable bonds is 5. The summed E-state index contributed by atoms with van der Waals surface area (Å²) in [5.41, 5.74) is 5.39. The molecule has 21 heavy (non-hydrogen) atoms. The minimum absolute atomic E-state index is 0.243. The van der Waals surface area contributed by atoms with Crippen molar-refractivity contribution in [2.75, 3.05) is 18.5 Å². The van der Waals surface area contributed by atoms with Crippen molar-refractivity contribution in [3.63, 3.8) is 0 Å². The van der Waals surface area contributed by atoms with Crippen LogP contribution in [0.3, 0.4) is 0 Å². The van der Waals surface area contributed by atoms with Gasteiger partial charge in [0, 0.05) is 12.1 Å². The first-order valence-electron chi connectivity index (χ1n) is 6.29. The Morgan fingerprint density at radius 2 is 2.05 bits per heavy atom. The molecular weight excluding hydrogens is 284 g/mol. The number of hydrogen-bond acceptors (Lipinski definition) is 4. The van der Waals surface area contributed by atoms with Gasteiger partial charge in [0.15, 0.2) is 6.61 Å². The fourth-order valence-corrected chi connectivity index (χ4v) is 1.92. The first-order chi connectivity index (χ1) is 9.85. The van der Waals surface area contributed by atoms with Crippen LogP contribution in [0.25, 0.3) is 0 Å². The first-order valence-corrected chi connectivity index (χ1v) is 6.29. The number of hydrogen-bond donors (Lipinski definition) is 3. The largest absolute Gasteiger partial charge is 0.484 e. The topological polar surface area (TPSA) is 93.5 Å². The van der Waals surface area contributed by atoms with Crippen molar-refractivity contribution in [2.45, 2.75) is 18.4 Å². The van der Waals surface area contributed by atoms with Crippen LogP contribution in [0.5, 0.6) is 5.75 Å². The average Bonchev–Trinajstić information content (AvgIpc) is 2.78. The maximum Gasteiger partial charge on any atom is 0.262 e. The van der Waals surface area contributed by atoms with E-state index in [1.54, 1.807) is 12.1 Å². The lowest BCUT2D eigenvalue weighted by Crippen LogP contribution is -2.35. The Kier molecular flexibility index (Phi) is 4.37. The van der Waals surface area contributed by atoms with Gasteiger partial charge in [-0.1, -0.05) is 0 Å². The quantitative estimate of drug-likeness (QED) is 0.737. The number of primary amides is 1. The molecule has 8 heteroatoms. The molecule has 0 aromatic heterocycles. The van der Waals surface area contributed by atoms with Crippen molar-refractivity contribution in [1.29, 1.82) is 0 Å². The van der Waals surface area contributed by atoms with Crippen LogP contribution >= 0.6 is 0 Å². The Morgan fingerprint density at radius 3 is 2.57 bits per heavy atom. The summed E-state index contributed by atoms with van der Waals surface area (Å²) in [6.45, 7) is -0.738. The number of nitrogens with two attached hydrogens (primary N) is 1. The van der Waals surface area contributed by atoms with Crippen LogP contribution in [-0.2, 0) is 9.59 Å². The summed E-state index contributed by atoms with van der Waals surface area (Å²) < 4.78 is 31.1. The Bertz CT molecular complexity index is 534. The van der Waals surface area contributed by atoms with E-state index >= 15 is 0 Å². The van der Waals surface area contributed by atoms with Crippen molar-refractivity contribution in [1.82, 2.24) is 5.32 Å². The van der Waals surface area contributed by atoms with Gasteiger partial charge in [0.2, 0.25) is 5.91 Å². The molecule has 1 aromatic rings. The SMILES string of the molecule is NC(=O)COc1ccc(NC(=O)C2CC(F)(F)CN2)cc1. The summed E-state index contributed by atoms with van der Waals surface area (Å²) in [7, 11) is 0. The van der Waals surface area contributed by atoms with Gasteiger partial charge in [0.1, 0.15) is 5.75 Å². The number of carbonyl (C=O) groups is 2. The molecule has 1 atom stereocenters. The number of anilines is 1. The van der Waals surface area contributed by atoms with E-state index in [4.69, 9.17) is 10.5 Å². The summed E-state index contributed by atoms with van der Waals surface area (Å²) >= 11 is 0. The average molecular weight is 299 g/mol. The fourth-order valence-electron chi connectivity index (χ4n) is 1.92. The highest BCUT2D eigenvalue weighted by Gasteiger charge is 2.42. The second kappa shape index (κ2) is 6.04. The van der Waals surface area contributed by atoms with Crippen LogP contribution in [0.2, 0.25) is 0 Å². The molecule has 1 aliphatic heterocycles. The fraction of sp³-hybridized carbons (Fsp3) is 0.385. The number of alkyl halides is 2. The lowest BCUT2D eigenvalue weighted by atomic mass is 10.2. The molecule has 6 nitrogen and oxygen atoms in total. The van der Waals surface area contributed by atoms with Gasteiger partial charge < -0.3 is 15.8 Å². The second-order valence-corrected chi connectivity index (χ2v) is 4.76. The standard InChI is InChI=1S/C13H15F2N3O3/c14-13(15)5-10(17-7-13)12(20)18-8-1-3-9(4-2-8)21-6-11(16)19/h1-4,10,17H,5-7H2,(H2,16,19)(H,18,20). The summed E-state index contributed by atoms with van der Waals surface area (Å²) in [5.74, 6) is -3.55. The Hall–Kier alpha value is -2.22.